The van der Waals surface area contributed by atoms with Crippen LogP contribution in [0.1, 0.15) is 28.9 Å². The van der Waals surface area contributed by atoms with Crippen LogP contribution in [0.4, 0.5) is 8.78 Å². The molecule has 0 radical (unpaired) electrons. The third-order valence-electron chi connectivity index (χ3n) is 3.92. The molecule has 1 N–H and O–H groups in total. The smallest absolute Gasteiger partial charge is 0.253 e. The molecule has 0 aliphatic carbocycles. The second kappa shape index (κ2) is 8.07. The van der Waals surface area contributed by atoms with Crippen molar-refractivity contribution in [2.45, 2.75) is 13.0 Å². The van der Waals surface area contributed by atoms with E-state index in [2.05, 4.69) is 5.32 Å². The highest BCUT2D eigenvalue weighted by atomic mass is 35.5. The van der Waals surface area contributed by atoms with Crippen LogP contribution in [0.15, 0.2) is 42.5 Å². The van der Waals surface area contributed by atoms with Gasteiger partial charge in [-0.25, -0.2) is 8.78 Å². The van der Waals surface area contributed by atoms with E-state index in [0.29, 0.717) is 5.56 Å². The minimum Gasteiger partial charge on any atom is -0.343 e. The Morgan fingerprint density at radius 1 is 1.16 bits per heavy atom. The Morgan fingerprint density at radius 2 is 1.84 bits per heavy atom. The van der Waals surface area contributed by atoms with Crippen molar-refractivity contribution in [2.75, 3.05) is 13.6 Å². The molecule has 2 aromatic rings. The summed E-state index contributed by atoms with van der Waals surface area (Å²) in [6.07, 6.45) is 0. The second-order valence-corrected chi connectivity index (χ2v) is 5.92. The van der Waals surface area contributed by atoms with Crippen LogP contribution in [0, 0.1) is 11.6 Å². The van der Waals surface area contributed by atoms with Crippen LogP contribution >= 0.6 is 11.6 Å². The lowest BCUT2D eigenvalue weighted by Gasteiger charge is -2.25. The maximum absolute atomic E-state index is 13.3. The van der Waals surface area contributed by atoms with E-state index >= 15 is 0 Å². The van der Waals surface area contributed by atoms with Crippen LogP contribution in [0.2, 0.25) is 5.02 Å². The average molecular weight is 367 g/mol. The molecule has 2 amide bonds. The fraction of sp³-hybridized carbons (Fsp3) is 0.222. The standard InChI is InChI=1S/C18H17ClF2N2O2/c1-11(12-7-8-15(20)16(21)9-12)23(2)17(24)10-22-18(25)13-5-3-4-6-14(13)19/h3-9,11H,10H2,1-2H3,(H,22,25). The van der Waals surface area contributed by atoms with Gasteiger partial charge in [0.2, 0.25) is 5.91 Å². The van der Waals surface area contributed by atoms with E-state index in [1.807, 2.05) is 0 Å². The van der Waals surface area contributed by atoms with Gasteiger partial charge in [-0.1, -0.05) is 29.8 Å². The normalized spacial score (nSPS) is 11.7. The molecule has 1 atom stereocenters. The minimum atomic E-state index is -0.975. The van der Waals surface area contributed by atoms with Crippen molar-refractivity contribution in [3.63, 3.8) is 0 Å². The van der Waals surface area contributed by atoms with Gasteiger partial charge in [0.25, 0.3) is 5.91 Å². The zero-order valence-corrected chi connectivity index (χ0v) is 14.5. The highest BCUT2D eigenvalue weighted by molar-refractivity contribution is 6.33. The van der Waals surface area contributed by atoms with Crippen LogP contribution < -0.4 is 5.32 Å². The SMILES string of the molecule is CC(c1ccc(F)c(F)c1)N(C)C(=O)CNC(=O)c1ccccc1Cl. The van der Waals surface area contributed by atoms with E-state index in [1.165, 1.54) is 18.0 Å². The number of amides is 2. The highest BCUT2D eigenvalue weighted by Gasteiger charge is 2.19. The molecule has 0 heterocycles. The number of benzene rings is 2. The topological polar surface area (TPSA) is 49.4 Å². The van der Waals surface area contributed by atoms with Crippen molar-refractivity contribution in [3.05, 3.63) is 70.2 Å². The second-order valence-electron chi connectivity index (χ2n) is 5.52. The average Bonchev–Trinajstić information content (AvgIpc) is 2.60. The lowest BCUT2D eigenvalue weighted by Crippen LogP contribution is -2.39. The summed E-state index contributed by atoms with van der Waals surface area (Å²) in [6, 6.07) is 9.48. The largest absolute Gasteiger partial charge is 0.343 e. The molecule has 0 fully saturated rings. The Kier molecular flexibility index (Phi) is 6.09. The van der Waals surface area contributed by atoms with Gasteiger partial charge in [0, 0.05) is 7.05 Å². The van der Waals surface area contributed by atoms with E-state index in [0.717, 1.165) is 12.1 Å². The number of halogens is 3. The highest BCUT2D eigenvalue weighted by Crippen LogP contribution is 2.21. The van der Waals surface area contributed by atoms with E-state index in [4.69, 9.17) is 11.6 Å². The number of likely N-dealkylation sites (N-methyl/N-ethyl adjacent to an activating group) is 1. The molecule has 0 bridgehead atoms. The Balaban J connectivity index is 1.99. The first kappa shape index (κ1) is 18.9. The molecular formula is C18H17ClF2N2O2. The third-order valence-corrected chi connectivity index (χ3v) is 4.25. The number of carbonyl (C=O) groups excluding carboxylic acids is 2. The maximum atomic E-state index is 13.3. The third kappa shape index (κ3) is 4.54. The van der Waals surface area contributed by atoms with E-state index in [9.17, 15) is 18.4 Å². The summed E-state index contributed by atoms with van der Waals surface area (Å²) in [5, 5.41) is 2.79. The van der Waals surface area contributed by atoms with Crippen molar-refractivity contribution in [3.8, 4) is 0 Å². The number of nitrogens with zero attached hydrogens (tertiary/aromatic N) is 1. The molecule has 2 aromatic carbocycles. The van der Waals surface area contributed by atoms with Crippen LogP contribution in [0.5, 0.6) is 0 Å². The summed E-state index contributed by atoms with van der Waals surface area (Å²) >= 11 is 5.93. The minimum absolute atomic E-state index is 0.241. The molecule has 1 unspecified atom stereocenters. The quantitative estimate of drug-likeness (QED) is 0.879. The van der Waals surface area contributed by atoms with E-state index in [-0.39, 0.29) is 23.0 Å². The first-order valence-corrected chi connectivity index (χ1v) is 7.92. The fourth-order valence-corrected chi connectivity index (χ4v) is 2.45. The zero-order chi connectivity index (χ0) is 18.6. The molecule has 132 valence electrons. The molecule has 7 heteroatoms. The zero-order valence-electron chi connectivity index (χ0n) is 13.7. The first-order valence-electron chi connectivity index (χ1n) is 7.54. The van der Waals surface area contributed by atoms with Crippen LogP contribution in [-0.2, 0) is 4.79 Å². The van der Waals surface area contributed by atoms with E-state index in [1.54, 1.807) is 31.2 Å². The molecule has 0 saturated heterocycles. The van der Waals surface area contributed by atoms with Gasteiger partial charge < -0.3 is 10.2 Å². The van der Waals surface area contributed by atoms with Crippen molar-refractivity contribution in [2.24, 2.45) is 0 Å². The van der Waals surface area contributed by atoms with E-state index < -0.39 is 23.6 Å². The molecule has 0 aromatic heterocycles. The van der Waals surface area contributed by atoms with Gasteiger partial charge in [-0.2, -0.15) is 0 Å². The number of hydrogen-bond donors (Lipinski definition) is 1. The van der Waals surface area contributed by atoms with Gasteiger partial charge in [0.15, 0.2) is 11.6 Å². The fourth-order valence-electron chi connectivity index (χ4n) is 2.23. The molecule has 0 spiro atoms. The molecule has 0 aliphatic rings. The summed E-state index contributed by atoms with van der Waals surface area (Å²) in [5.41, 5.74) is 0.723. The van der Waals surface area contributed by atoms with Gasteiger partial charge >= 0.3 is 0 Å². The molecule has 0 saturated carbocycles. The van der Waals surface area contributed by atoms with Crippen LogP contribution in [-0.4, -0.2) is 30.3 Å². The number of rotatable bonds is 5. The van der Waals surface area contributed by atoms with Crippen molar-refractivity contribution < 1.29 is 18.4 Å². The summed E-state index contributed by atoms with van der Waals surface area (Å²) in [6.45, 7) is 1.44. The molecule has 25 heavy (non-hydrogen) atoms. The maximum Gasteiger partial charge on any atom is 0.253 e. The van der Waals surface area contributed by atoms with Crippen molar-refractivity contribution in [1.29, 1.82) is 0 Å². The van der Waals surface area contributed by atoms with Gasteiger partial charge in [-0.15, -0.1) is 0 Å². The Labute approximate surface area is 149 Å². The number of carbonyl (C=O) groups is 2. The molecule has 2 rings (SSSR count). The van der Waals surface area contributed by atoms with Gasteiger partial charge in [0.1, 0.15) is 0 Å². The summed E-state index contributed by atoms with van der Waals surface area (Å²) < 4.78 is 26.3. The Bertz CT molecular complexity index is 798. The lowest BCUT2D eigenvalue weighted by atomic mass is 10.1. The lowest BCUT2D eigenvalue weighted by molar-refractivity contribution is -0.130. The Morgan fingerprint density at radius 3 is 2.48 bits per heavy atom. The first-order chi connectivity index (χ1) is 11.8. The predicted molar refractivity (Wildman–Crippen MR) is 91.3 cm³/mol. The molecule has 4 nitrogen and oxygen atoms in total. The molecular weight excluding hydrogens is 350 g/mol. The summed E-state index contributed by atoms with van der Waals surface area (Å²) in [7, 11) is 1.52. The van der Waals surface area contributed by atoms with Gasteiger partial charge in [-0.05, 0) is 36.8 Å². The van der Waals surface area contributed by atoms with Gasteiger partial charge in [-0.3, -0.25) is 9.59 Å². The summed E-state index contributed by atoms with van der Waals surface area (Å²) in [4.78, 5) is 25.6. The van der Waals surface area contributed by atoms with Crippen molar-refractivity contribution in [1.82, 2.24) is 10.2 Å². The number of nitrogens with one attached hydrogen (secondary N) is 1. The van der Waals surface area contributed by atoms with Crippen molar-refractivity contribution >= 4 is 23.4 Å². The summed E-state index contributed by atoms with van der Waals surface area (Å²) in [5.74, 6) is -2.76. The monoisotopic (exact) mass is 366 g/mol. The number of hydrogen-bond acceptors (Lipinski definition) is 2. The van der Waals surface area contributed by atoms with Crippen LogP contribution in [0.25, 0.3) is 0 Å². The van der Waals surface area contributed by atoms with Gasteiger partial charge in [0.05, 0.1) is 23.2 Å². The van der Waals surface area contributed by atoms with Crippen LogP contribution in [0.3, 0.4) is 0 Å². The Hall–Kier alpha value is -2.47. The predicted octanol–water partition coefficient (Wildman–Crippen LogP) is 3.57. The molecule has 0 aliphatic heterocycles.